The van der Waals surface area contributed by atoms with Crippen LogP contribution in [0, 0.1) is 0 Å². The summed E-state index contributed by atoms with van der Waals surface area (Å²) in [7, 11) is -4.17. The Bertz CT molecular complexity index is 903. The molecular formula is C14H22N5O6P. The number of anilines is 1. The summed E-state index contributed by atoms with van der Waals surface area (Å²) in [5.41, 5.74) is 4.84. The van der Waals surface area contributed by atoms with E-state index in [0.29, 0.717) is 18.5 Å². The second-order valence-electron chi connectivity index (χ2n) is 7.03. The molecule has 3 rings (SSSR count). The van der Waals surface area contributed by atoms with Crippen LogP contribution >= 0.6 is 7.82 Å². The van der Waals surface area contributed by atoms with E-state index in [1.54, 1.807) is 25.3 Å². The summed E-state index contributed by atoms with van der Waals surface area (Å²) in [4.78, 5) is 32.1. The number of phosphoric acid groups is 1. The Hall–Kier alpha value is -1.78. The molecule has 1 fully saturated rings. The van der Waals surface area contributed by atoms with Crippen molar-refractivity contribution in [3.05, 3.63) is 16.7 Å². The van der Waals surface area contributed by atoms with Crippen LogP contribution in [0.15, 0.2) is 11.1 Å². The fraction of sp³-hybridized carbons (Fsp3) is 0.643. The summed E-state index contributed by atoms with van der Waals surface area (Å²) >= 11 is 0. The van der Waals surface area contributed by atoms with E-state index < -0.39 is 31.3 Å². The Morgan fingerprint density at radius 3 is 2.92 bits per heavy atom. The van der Waals surface area contributed by atoms with Gasteiger partial charge in [-0.2, -0.15) is 4.98 Å². The van der Waals surface area contributed by atoms with E-state index in [4.69, 9.17) is 19.5 Å². The van der Waals surface area contributed by atoms with Gasteiger partial charge in [0.25, 0.3) is 5.56 Å². The standard InChI is InChI=1S/C14H22N5O6P/c1-14(2,3)25-26(21,22)23-6-8-4-5-9(24-8)19-7-16-10-11(19)17-13(15)18-12(10)20/h7-9H,4-6H2,1-3H3,(H,21,22)(H3,15,17,18,20)/t8-,9+/m0/s1. The maximum absolute atomic E-state index is 11.9. The predicted octanol–water partition coefficient (Wildman–Crippen LogP) is 1.31. The molecule has 0 amide bonds. The molecule has 3 heterocycles. The van der Waals surface area contributed by atoms with Gasteiger partial charge in [-0.25, -0.2) is 9.55 Å². The van der Waals surface area contributed by atoms with Gasteiger partial charge in [0, 0.05) is 0 Å². The summed E-state index contributed by atoms with van der Waals surface area (Å²) in [5.74, 6) is -0.0114. The average molecular weight is 387 g/mol. The van der Waals surface area contributed by atoms with Gasteiger partial charge in [-0.1, -0.05) is 0 Å². The second-order valence-corrected chi connectivity index (χ2v) is 8.41. The Morgan fingerprint density at radius 2 is 2.23 bits per heavy atom. The van der Waals surface area contributed by atoms with Gasteiger partial charge >= 0.3 is 7.82 Å². The Labute approximate surface area is 149 Å². The maximum atomic E-state index is 11.9. The number of rotatable bonds is 5. The number of hydrogen-bond acceptors (Lipinski definition) is 8. The van der Waals surface area contributed by atoms with Crippen LogP contribution in [0.25, 0.3) is 11.2 Å². The minimum absolute atomic E-state index is 0.0114. The number of hydrogen-bond donors (Lipinski definition) is 3. The van der Waals surface area contributed by atoms with E-state index in [1.165, 1.54) is 6.33 Å². The molecule has 4 N–H and O–H groups in total. The van der Waals surface area contributed by atoms with Crippen molar-refractivity contribution >= 4 is 24.9 Å². The van der Waals surface area contributed by atoms with Crippen molar-refractivity contribution in [1.29, 1.82) is 0 Å². The minimum atomic E-state index is -4.17. The van der Waals surface area contributed by atoms with Crippen molar-refractivity contribution in [1.82, 2.24) is 19.5 Å². The molecule has 1 aliphatic rings. The minimum Gasteiger partial charge on any atom is -0.369 e. The lowest BCUT2D eigenvalue weighted by molar-refractivity contribution is -0.0274. The molecule has 26 heavy (non-hydrogen) atoms. The van der Waals surface area contributed by atoms with Crippen molar-refractivity contribution < 1.29 is 23.2 Å². The van der Waals surface area contributed by atoms with Crippen LogP contribution in [0.1, 0.15) is 39.8 Å². The Kier molecular flexibility index (Phi) is 4.93. The quantitative estimate of drug-likeness (QED) is 0.644. The molecule has 0 bridgehead atoms. The molecule has 1 unspecified atom stereocenters. The predicted molar refractivity (Wildman–Crippen MR) is 92.3 cm³/mol. The van der Waals surface area contributed by atoms with Crippen molar-refractivity contribution in [3.63, 3.8) is 0 Å². The SMILES string of the molecule is CC(C)(C)OP(=O)(O)OC[C@@H]1CC[C@H](n2cnc3c(=O)[nH]c(N)nc32)O1. The fourth-order valence-electron chi connectivity index (χ4n) is 2.72. The number of nitrogens with two attached hydrogens (primary N) is 1. The topological polar surface area (TPSA) is 155 Å². The molecule has 1 aliphatic heterocycles. The van der Waals surface area contributed by atoms with Gasteiger partial charge in [-0.05, 0) is 33.6 Å². The van der Waals surface area contributed by atoms with Crippen molar-refractivity contribution in [3.8, 4) is 0 Å². The molecule has 11 nitrogen and oxygen atoms in total. The summed E-state index contributed by atoms with van der Waals surface area (Å²) in [5, 5.41) is 0. The zero-order chi connectivity index (χ0) is 19.1. The largest absolute Gasteiger partial charge is 0.472 e. The highest BCUT2D eigenvalue weighted by atomic mass is 31.2. The van der Waals surface area contributed by atoms with Crippen LogP contribution in [0.3, 0.4) is 0 Å². The Morgan fingerprint density at radius 1 is 1.50 bits per heavy atom. The van der Waals surface area contributed by atoms with Gasteiger partial charge in [-0.3, -0.25) is 23.4 Å². The first kappa shape index (κ1) is 19.0. The maximum Gasteiger partial charge on any atom is 0.472 e. The molecule has 1 saturated heterocycles. The molecule has 0 spiro atoms. The first-order valence-corrected chi connectivity index (χ1v) is 9.59. The van der Waals surface area contributed by atoms with Crippen LogP contribution in [-0.2, 0) is 18.3 Å². The lowest BCUT2D eigenvalue weighted by atomic mass is 10.2. The molecule has 3 atom stereocenters. The number of imidazole rings is 1. The third-order valence-electron chi connectivity index (χ3n) is 3.66. The van der Waals surface area contributed by atoms with Gasteiger partial charge < -0.3 is 15.4 Å². The summed E-state index contributed by atoms with van der Waals surface area (Å²) in [6.07, 6.45) is 1.83. The molecule has 0 aromatic carbocycles. The fourth-order valence-corrected chi connectivity index (χ4v) is 3.82. The van der Waals surface area contributed by atoms with Gasteiger partial charge in [0.1, 0.15) is 6.23 Å². The Balaban J connectivity index is 1.66. The van der Waals surface area contributed by atoms with Gasteiger partial charge in [0.05, 0.1) is 24.6 Å². The number of H-pyrrole nitrogens is 1. The van der Waals surface area contributed by atoms with Gasteiger partial charge in [0.15, 0.2) is 11.2 Å². The second kappa shape index (κ2) is 6.75. The van der Waals surface area contributed by atoms with Crippen LogP contribution < -0.4 is 11.3 Å². The highest BCUT2D eigenvalue weighted by Crippen LogP contribution is 2.47. The third kappa shape index (κ3) is 4.30. The highest BCUT2D eigenvalue weighted by molar-refractivity contribution is 7.47. The summed E-state index contributed by atoms with van der Waals surface area (Å²) in [6.45, 7) is 4.88. The molecule has 144 valence electrons. The molecule has 12 heteroatoms. The van der Waals surface area contributed by atoms with Crippen LogP contribution in [0.5, 0.6) is 0 Å². The summed E-state index contributed by atoms with van der Waals surface area (Å²) in [6, 6.07) is 0. The van der Waals surface area contributed by atoms with Crippen LogP contribution in [-0.4, -0.2) is 42.7 Å². The molecular weight excluding hydrogens is 365 g/mol. The number of nitrogens with one attached hydrogen (secondary N) is 1. The van der Waals surface area contributed by atoms with Crippen LogP contribution in [0.2, 0.25) is 0 Å². The number of ether oxygens (including phenoxy) is 1. The summed E-state index contributed by atoms with van der Waals surface area (Å²) < 4.78 is 29.4. The van der Waals surface area contributed by atoms with E-state index >= 15 is 0 Å². The number of nitrogens with zero attached hydrogens (tertiary/aromatic N) is 3. The molecule has 2 aromatic heterocycles. The molecule has 0 aliphatic carbocycles. The zero-order valence-electron chi connectivity index (χ0n) is 14.7. The normalized spacial score (nSPS) is 23.4. The average Bonchev–Trinajstić information content (AvgIpc) is 3.08. The molecule has 2 aromatic rings. The van der Waals surface area contributed by atoms with E-state index in [2.05, 4.69) is 15.0 Å². The van der Waals surface area contributed by atoms with E-state index in [-0.39, 0.29) is 18.1 Å². The first-order chi connectivity index (χ1) is 12.0. The van der Waals surface area contributed by atoms with Crippen LogP contribution in [0.4, 0.5) is 5.95 Å². The first-order valence-electron chi connectivity index (χ1n) is 8.10. The monoisotopic (exact) mass is 387 g/mol. The van der Waals surface area contributed by atoms with Gasteiger partial charge in [0.2, 0.25) is 5.95 Å². The van der Waals surface area contributed by atoms with Crippen molar-refractivity contribution in [2.45, 2.75) is 51.5 Å². The number of phosphoric ester groups is 1. The number of aromatic amines is 1. The van der Waals surface area contributed by atoms with Crippen molar-refractivity contribution in [2.24, 2.45) is 0 Å². The van der Waals surface area contributed by atoms with Crippen molar-refractivity contribution in [2.75, 3.05) is 12.3 Å². The zero-order valence-corrected chi connectivity index (χ0v) is 15.6. The number of fused-ring (bicyclic) bond motifs is 1. The van der Waals surface area contributed by atoms with Gasteiger partial charge in [-0.15, -0.1) is 0 Å². The third-order valence-corrected chi connectivity index (χ3v) is 4.91. The highest BCUT2D eigenvalue weighted by Gasteiger charge is 2.33. The number of nitrogen functional groups attached to an aromatic ring is 1. The van der Waals surface area contributed by atoms with E-state index in [9.17, 15) is 14.3 Å². The molecule has 0 radical (unpaired) electrons. The van der Waals surface area contributed by atoms with E-state index in [1.807, 2.05) is 0 Å². The molecule has 0 saturated carbocycles. The van der Waals surface area contributed by atoms with E-state index in [0.717, 1.165) is 0 Å². The lowest BCUT2D eigenvalue weighted by Crippen LogP contribution is -2.21. The smallest absolute Gasteiger partial charge is 0.369 e. The number of aromatic nitrogens is 4. The lowest BCUT2D eigenvalue weighted by Gasteiger charge is -2.23.